The van der Waals surface area contributed by atoms with Crippen LogP contribution in [0, 0.1) is 6.92 Å². The lowest BCUT2D eigenvalue weighted by Gasteiger charge is -2.36. The maximum absolute atomic E-state index is 13.2. The third-order valence-electron chi connectivity index (χ3n) is 5.50. The van der Waals surface area contributed by atoms with Gasteiger partial charge in [-0.2, -0.15) is 0 Å². The molecule has 2 aromatic rings. The molecule has 0 spiro atoms. The molecule has 152 valence electrons. The highest BCUT2D eigenvalue weighted by Crippen LogP contribution is 2.27. The molecule has 2 fully saturated rings. The summed E-state index contributed by atoms with van der Waals surface area (Å²) in [5.41, 5.74) is 2.42. The first-order chi connectivity index (χ1) is 13.1. The van der Waals surface area contributed by atoms with Gasteiger partial charge in [0.15, 0.2) is 5.69 Å². The average molecular weight is 406 g/mol. The highest BCUT2D eigenvalue weighted by molar-refractivity contribution is 5.93. The van der Waals surface area contributed by atoms with Gasteiger partial charge in [-0.15, -0.1) is 17.5 Å². The topological polar surface area (TPSA) is 72.3 Å². The Morgan fingerprint density at radius 3 is 2.61 bits per heavy atom. The minimum Gasteiger partial charge on any atom is -0.367 e. The molecule has 1 aromatic heterocycles. The molecule has 3 heterocycles. The van der Waals surface area contributed by atoms with Crippen molar-refractivity contribution in [3.63, 3.8) is 0 Å². The lowest BCUT2D eigenvalue weighted by Crippen LogP contribution is -2.46. The van der Waals surface area contributed by atoms with E-state index in [0.717, 1.165) is 37.2 Å². The zero-order chi connectivity index (χ0) is 18.8. The average Bonchev–Trinajstić information content (AvgIpc) is 3.09. The van der Waals surface area contributed by atoms with Crippen LogP contribution in [0.5, 0.6) is 0 Å². The van der Waals surface area contributed by atoms with Crippen molar-refractivity contribution < 1.29 is 9.53 Å². The zero-order valence-corrected chi connectivity index (χ0v) is 17.2. The molecule has 2 aliphatic rings. The van der Waals surface area contributed by atoms with Crippen molar-refractivity contribution in [2.45, 2.75) is 44.9 Å². The van der Waals surface area contributed by atoms with E-state index in [2.05, 4.69) is 15.6 Å². The predicted molar refractivity (Wildman–Crippen MR) is 109 cm³/mol. The zero-order valence-electron chi connectivity index (χ0n) is 16.4. The van der Waals surface area contributed by atoms with Crippen LogP contribution in [0.1, 0.15) is 53.7 Å². The van der Waals surface area contributed by atoms with E-state index in [9.17, 15) is 4.79 Å². The fourth-order valence-electron chi connectivity index (χ4n) is 4.06. The van der Waals surface area contributed by atoms with Crippen molar-refractivity contribution in [1.82, 2.24) is 25.2 Å². The molecule has 0 bridgehead atoms. The number of morpholine rings is 1. The highest BCUT2D eigenvalue weighted by atomic mass is 35.5. The van der Waals surface area contributed by atoms with E-state index in [1.54, 1.807) is 0 Å². The van der Waals surface area contributed by atoms with E-state index in [-0.39, 0.29) is 30.5 Å². The molecule has 2 saturated heterocycles. The first-order valence-corrected chi connectivity index (χ1v) is 9.75. The minimum atomic E-state index is -0.112. The molecule has 0 aliphatic carbocycles. The first-order valence-electron chi connectivity index (χ1n) is 9.75. The van der Waals surface area contributed by atoms with Crippen LogP contribution >= 0.6 is 12.4 Å². The van der Waals surface area contributed by atoms with Crippen LogP contribution in [0.15, 0.2) is 30.3 Å². The molecule has 8 heteroatoms. The monoisotopic (exact) mass is 405 g/mol. The maximum Gasteiger partial charge on any atom is 0.276 e. The van der Waals surface area contributed by atoms with Crippen molar-refractivity contribution >= 4 is 18.3 Å². The van der Waals surface area contributed by atoms with Crippen molar-refractivity contribution in [1.29, 1.82) is 0 Å². The van der Waals surface area contributed by atoms with Crippen LogP contribution in [-0.4, -0.2) is 58.1 Å². The Hall–Kier alpha value is -1.96. The molecule has 2 unspecified atom stereocenters. The molecule has 28 heavy (non-hydrogen) atoms. The number of ether oxygens (including phenoxy) is 1. The standard InChI is InChI=1S/C20H27N5O2.ClH/c1-14-12-24(13-18(27-14)16-6-4-3-5-7-16)20(26)19-15(2)25(23-22-19)17-8-10-21-11-9-17;/h3-7,14,17-18,21H,8-13H2,1-2H3;1H. The molecule has 1 amide bonds. The summed E-state index contributed by atoms with van der Waals surface area (Å²) in [6.45, 7) is 7.02. The number of nitrogens with one attached hydrogen (secondary N) is 1. The van der Waals surface area contributed by atoms with Crippen LogP contribution < -0.4 is 5.32 Å². The molecule has 7 nitrogen and oxygen atoms in total. The van der Waals surface area contributed by atoms with Crippen LogP contribution in [-0.2, 0) is 4.74 Å². The molecule has 2 atom stereocenters. The van der Waals surface area contributed by atoms with Gasteiger partial charge in [0.2, 0.25) is 0 Å². The fourth-order valence-corrected chi connectivity index (χ4v) is 4.06. The van der Waals surface area contributed by atoms with Gasteiger partial charge in [0.1, 0.15) is 6.10 Å². The number of amides is 1. The van der Waals surface area contributed by atoms with Gasteiger partial charge in [0.25, 0.3) is 5.91 Å². The number of piperidine rings is 1. The van der Waals surface area contributed by atoms with Gasteiger partial charge >= 0.3 is 0 Å². The largest absolute Gasteiger partial charge is 0.367 e. The van der Waals surface area contributed by atoms with Gasteiger partial charge in [-0.1, -0.05) is 35.5 Å². The number of aromatic nitrogens is 3. The van der Waals surface area contributed by atoms with E-state index < -0.39 is 0 Å². The lowest BCUT2D eigenvalue weighted by atomic mass is 10.1. The van der Waals surface area contributed by atoms with Crippen LogP contribution in [0.2, 0.25) is 0 Å². The van der Waals surface area contributed by atoms with Gasteiger partial charge in [-0.3, -0.25) is 4.79 Å². The Kier molecular flexibility index (Phi) is 6.69. The van der Waals surface area contributed by atoms with E-state index in [1.807, 2.05) is 53.8 Å². The summed E-state index contributed by atoms with van der Waals surface area (Å²) in [6, 6.07) is 10.4. The summed E-state index contributed by atoms with van der Waals surface area (Å²) in [5, 5.41) is 11.9. The Bertz CT molecular complexity index is 791. The molecule has 4 rings (SSSR count). The molecule has 0 saturated carbocycles. The second-order valence-electron chi connectivity index (χ2n) is 7.51. The Morgan fingerprint density at radius 2 is 1.89 bits per heavy atom. The third-order valence-corrected chi connectivity index (χ3v) is 5.50. The first kappa shape index (κ1) is 20.8. The molecule has 0 radical (unpaired) electrons. The number of carbonyl (C=O) groups excluding carboxylic acids is 1. The predicted octanol–water partition coefficient (Wildman–Crippen LogP) is 2.54. The van der Waals surface area contributed by atoms with Crippen molar-refractivity contribution in [2.24, 2.45) is 0 Å². The highest BCUT2D eigenvalue weighted by Gasteiger charge is 2.32. The Morgan fingerprint density at radius 1 is 1.18 bits per heavy atom. The smallest absolute Gasteiger partial charge is 0.276 e. The number of hydrogen-bond donors (Lipinski definition) is 1. The molecule has 1 N–H and O–H groups in total. The number of rotatable bonds is 3. The van der Waals surface area contributed by atoms with E-state index in [0.29, 0.717) is 24.8 Å². The normalized spacial score (nSPS) is 23.3. The molecular formula is C20H28ClN5O2. The number of hydrogen-bond acceptors (Lipinski definition) is 5. The van der Waals surface area contributed by atoms with Crippen LogP contribution in [0.25, 0.3) is 0 Å². The summed E-state index contributed by atoms with van der Waals surface area (Å²) in [6.07, 6.45) is 1.90. The number of nitrogens with zero attached hydrogens (tertiary/aromatic N) is 4. The van der Waals surface area contributed by atoms with Gasteiger partial charge in [0.05, 0.1) is 24.4 Å². The number of halogens is 1. The van der Waals surface area contributed by atoms with Crippen LogP contribution in [0.4, 0.5) is 0 Å². The second-order valence-corrected chi connectivity index (χ2v) is 7.51. The summed E-state index contributed by atoms with van der Waals surface area (Å²) < 4.78 is 8.01. The summed E-state index contributed by atoms with van der Waals surface area (Å²) in [4.78, 5) is 15.0. The van der Waals surface area contributed by atoms with Crippen molar-refractivity contribution in [3.05, 3.63) is 47.3 Å². The summed E-state index contributed by atoms with van der Waals surface area (Å²) in [7, 11) is 0. The fraction of sp³-hybridized carbons (Fsp3) is 0.550. The minimum absolute atomic E-state index is 0. The molecule has 1 aromatic carbocycles. The Labute approximate surface area is 171 Å². The van der Waals surface area contributed by atoms with Gasteiger partial charge in [-0.05, 0) is 45.3 Å². The second kappa shape index (κ2) is 9.03. The van der Waals surface area contributed by atoms with Gasteiger partial charge < -0.3 is 15.0 Å². The SMILES string of the molecule is Cc1c(C(=O)N2CC(C)OC(c3ccccc3)C2)nnn1C1CCNCC1.Cl. The number of benzene rings is 1. The van der Waals surface area contributed by atoms with Crippen LogP contribution in [0.3, 0.4) is 0 Å². The lowest BCUT2D eigenvalue weighted by molar-refractivity contribution is -0.0693. The molecular weight excluding hydrogens is 378 g/mol. The van der Waals surface area contributed by atoms with Gasteiger partial charge in [0, 0.05) is 6.54 Å². The third kappa shape index (κ3) is 4.21. The van der Waals surface area contributed by atoms with E-state index in [4.69, 9.17) is 4.74 Å². The van der Waals surface area contributed by atoms with E-state index >= 15 is 0 Å². The maximum atomic E-state index is 13.2. The summed E-state index contributed by atoms with van der Waals surface area (Å²) in [5.74, 6) is -0.0521. The van der Waals surface area contributed by atoms with Crippen molar-refractivity contribution in [3.8, 4) is 0 Å². The van der Waals surface area contributed by atoms with Crippen molar-refractivity contribution in [2.75, 3.05) is 26.2 Å². The summed E-state index contributed by atoms with van der Waals surface area (Å²) >= 11 is 0. The Balaban J connectivity index is 0.00000225. The quantitative estimate of drug-likeness (QED) is 0.849. The number of carbonyl (C=O) groups is 1. The molecule has 2 aliphatic heterocycles. The van der Waals surface area contributed by atoms with E-state index in [1.165, 1.54) is 0 Å². The van der Waals surface area contributed by atoms with Gasteiger partial charge in [-0.25, -0.2) is 4.68 Å².